The molecular weight excluding hydrogens is 366 g/mol. The minimum atomic E-state index is -0.472. The second kappa shape index (κ2) is 11.2. The first kappa shape index (κ1) is 14.7. The van der Waals surface area contributed by atoms with Gasteiger partial charge in [0.15, 0.2) is 0 Å². The molecule has 0 aliphatic carbocycles. The Kier molecular flexibility index (Phi) is 14.9. The van der Waals surface area contributed by atoms with E-state index in [0.717, 1.165) is 13.1 Å². The molecule has 0 atom stereocenters. The Balaban J connectivity index is 0. The van der Waals surface area contributed by atoms with Crippen molar-refractivity contribution in [2.24, 2.45) is 0 Å². The van der Waals surface area contributed by atoms with Gasteiger partial charge >= 0.3 is 35.3 Å². The quantitative estimate of drug-likeness (QED) is 0.730. The summed E-state index contributed by atoms with van der Waals surface area (Å²) in [7, 11) is 18.1. The van der Waals surface area contributed by atoms with Crippen molar-refractivity contribution >= 4 is 18.8 Å². The Morgan fingerprint density at radius 2 is 1.09 bits per heavy atom. The third-order valence-corrected chi connectivity index (χ3v) is 0.994. The molecule has 5 heteroatoms. The molecule has 0 aliphatic rings. The van der Waals surface area contributed by atoms with E-state index in [0.29, 0.717) is 0 Å². The predicted molar refractivity (Wildman–Crippen MR) is 48.8 cm³/mol. The number of hydrogen-bond acceptors (Lipinski definition) is 2. The summed E-state index contributed by atoms with van der Waals surface area (Å²) in [5, 5.41) is 0. The third-order valence-electron chi connectivity index (χ3n) is 0.994. The number of likely N-dealkylation sites (N-methyl/N-ethyl adjacent to an activating group) is 2. The molecule has 0 aromatic carbocycles. The molecule has 0 N–H and O–H groups in total. The van der Waals surface area contributed by atoms with Gasteiger partial charge in [0.1, 0.15) is 0 Å². The molecule has 72 valence electrons. The van der Waals surface area contributed by atoms with Crippen LogP contribution in [0.25, 0.3) is 0 Å². The number of hydrogen-bond donors (Lipinski definition) is 0. The van der Waals surface area contributed by atoms with Crippen LogP contribution in [0.3, 0.4) is 0 Å². The van der Waals surface area contributed by atoms with Crippen LogP contribution < -0.4 is 0 Å². The summed E-state index contributed by atoms with van der Waals surface area (Å²) in [4.78, 5) is 4.36. The van der Waals surface area contributed by atoms with Crippen molar-refractivity contribution in [2.75, 3.05) is 41.3 Å². The number of nitrogens with zero attached hydrogens (tertiary/aromatic N) is 2. The molecule has 0 aliphatic heterocycles. The standard InChI is InChI=1S/C6H16N2.2ClH.Pt/c1-7(2)5-6-8(3)4;;;/h5-6H2,1-4H3;2*1H;/q;;;+4/p-2. The summed E-state index contributed by atoms with van der Waals surface area (Å²) in [5.74, 6) is 0. The van der Waals surface area contributed by atoms with Gasteiger partial charge in [-0.1, -0.05) is 0 Å². The molecule has 0 rings (SSSR count). The van der Waals surface area contributed by atoms with Crippen molar-refractivity contribution in [1.82, 2.24) is 9.80 Å². The number of halogens is 2. The Hall–Kier alpha value is 1.19. The Labute approximate surface area is 86.2 Å². The third kappa shape index (κ3) is 24.7. The molecule has 11 heavy (non-hydrogen) atoms. The average molecular weight is 382 g/mol. The van der Waals surface area contributed by atoms with Gasteiger partial charge < -0.3 is 9.80 Å². The molecule has 2 nitrogen and oxygen atoms in total. The normalized spacial score (nSPS) is 10.2. The van der Waals surface area contributed by atoms with Crippen LogP contribution in [0.2, 0.25) is 0 Å². The van der Waals surface area contributed by atoms with Crippen molar-refractivity contribution in [3.05, 3.63) is 0 Å². The zero-order valence-electron chi connectivity index (χ0n) is 7.38. The molecule has 0 unspecified atom stereocenters. The van der Waals surface area contributed by atoms with Crippen LogP contribution in [0.4, 0.5) is 0 Å². The average Bonchev–Trinajstić information content (AvgIpc) is 1.85. The second-order valence-electron chi connectivity index (χ2n) is 2.65. The van der Waals surface area contributed by atoms with Gasteiger partial charge in [0.25, 0.3) is 0 Å². The van der Waals surface area contributed by atoms with Gasteiger partial charge in [0, 0.05) is 13.1 Å². The first-order chi connectivity index (χ1) is 5.04. The van der Waals surface area contributed by atoms with Crippen LogP contribution in [0, 0.1) is 0 Å². The van der Waals surface area contributed by atoms with Gasteiger partial charge in [0.2, 0.25) is 0 Å². The Morgan fingerprint density at radius 1 is 0.909 bits per heavy atom. The second-order valence-corrected chi connectivity index (χ2v) is 5.93. The van der Waals surface area contributed by atoms with E-state index in [4.69, 9.17) is 18.8 Å². The maximum absolute atomic E-state index is 4.88. The van der Waals surface area contributed by atoms with Crippen molar-refractivity contribution in [1.29, 1.82) is 0 Å². The monoisotopic (exact) mass is 381 g/mol. The van der Waals surface area contributed by atoms with Gasteiger partial charge in [-0.05, 0) is 28.2 Å². The molecule has 0 fully saturated rings. The van der Waals surface area contributed by atoms with E-state index in [1.807, 2.05) is 0 Å². The molecular formula is C6H16Cl2N2Pt+2. The topological polar surface area (TPSA) is 6.48 Å². The molecule has 0 amide bonds. The van der Waals surface area contributed by atoms with E-state index in [1.54, 1.807) is 0 Å². The van der Waals surface area contributed by atoms with Crippen LogP contribution in [0.5, 0.6) is 0 Å². The van der Waals surface area contributed by atoms with Gasteiger partial charge in [-0.2, -0.15) is 0 Å². The minimum absolute atomic E-state index is 0.472. The Morgan fingerprint density at radius 3 is 1.18 bits per heavy atom. The molecule has 0 bridgehead atoms. The summed E-state index contributed by atoms with van der Waals surface area (Å²) >= 11 is -0.472. The van der Waals surface area contributed by atoms with Gasteiger partial charge in [0.05, 0.1) is 0 Å². The van der Waals surface area contributed by atoms with Crippen molar-refractivity contribution in [3.63, 3.8) is 0 Å². The zero-order valence-corrected chi connectivity index (χ0v) is 11.2. The van der Waals surface area contributed by atoms with Crippen molar-refractivity contribution < 1.29 is 16.5 Å². The summed E-state index contributed by atoms with van der Waals surface area (Å²) in [6, 6.07) is 0. The van der Waals surface area contributed by atoms with Crippen LogP contribution in [0.15, 0.2) is 0 Å². The van der Waals surface area contributed by atoms with E-state index in [9.17, 15) is 0 Å². The molecule has 0 heterocycles. The zero-order chi connectivity index (χ0) is 9.28. The maximum atomic E-state index is 4.88. The van der Waals surface area contributed by atoms with E-state index < -0.39 is 16.5 Å². The first-order valence-corrected chi connectivity index (χ1v) is 8.79. The van der Waals surface area contributed by atoms with Crippen LogP contribution in [-0.4, -0.2) is 51.1 Å². The Bertz CT molecular complexity index is 63.6. The molecule has 0 radical (unpaired) electrons. The summed E-state index contributed by atoms with van der Waals surface area (Å²) in [5.41, 5.74) is 0. The summed E-state index contributed by atoms with van der Waals surface area (Å²) in [6.45, 7) is 2.29. The van der Waals surface area contributed by atoms with Crippen LogP contribution >= 0.6 is 18.8 Å². The van der Waals surface area contributed by atoms with E-state index in [1.165, 1.54) is 0 Å². The van der Waals surface area contributed by atoms with Crippen molar-refractivity contribution in [2.45, 2.75) is 0 Å². The molecule has 0 saturated heterocycles. The molecule has 0 saturated carbocycles. The van der Waals surface area contributed by atoms with Gasteiger partial charge in [-0.15, -0.1) is 0 Å². The number of rotatable bonds is 3. The van der Waals surface area contributed by atoms with Gasteiger partial charge in [-0.3, -0.25) is 0 Å². The fourth-order valence-corrected chi connectivity index (χ4v) is 0.400. The molecule has 0 aromatic heterocycles. The van der Waals surface area contributed by atoms with E-state index >= 15 is 0 Å². The summed E-state index contributed by atoms with van der Waals surface area (Å²) < 4.78 is 0. The van der Waals surface area contributed by atoms with Gasteiger partial charge in [-0.25, -0.2) is 0 Å². The van der Waals surface area contributed by atoms with Crippen LogP contribution in [-0.2, 0) is 16.5 Å². The fraction of sp³-hybridized carbons (Fsp3) is 1.00. The van der Waals surface area contributed by atoms with Crippen LogP contribution in [0.1, 0.15) is 0 Å². The molecule has 0 spiro atoms. The fourth-order valence-electron chi connectivity index (χ4n) is 0.400. The first-order valence-electron chi connectivity index (χ1n) is 3.16. The van der Waals surface area contributed by atoms with E-state index in [-0.39, 0.29) is 0 Å². The molecule has 0 aromatic rings. The predicted octanol–water partition coefficient (Wildman–Crippen LogP) is 1.49. The SMILES string of the molecule is CN(C)CCN(C)C.[Cl][Pt+2][Cl]. The van der Waals surface area contributed by atoms with E-state index in [2.05, 4.69) is 38.0 Å². The summed E-state index contributed by atoms with van der Waals surface area (Å²) in [6.07, 6.45) is 0. The van der Waals surface area contributed by atoms with Crippen molar-refractivity contribution in [3.8, 4) is 0 Å².